The first-order chi connectivity index (χ1) is 11.0. The molecule has 1 heterocycles. The number of fused-ring (bicyclic) bond motifs is 1. The minimum atomic E-state index is -0.961. The Bertz CT molecular complexity index is 810. The van der Waals surface area contributed by atoms with Gasteiger partial charge in [0.25, 0.3) is 0 Å². The summed E-state index contributed by atoms with van der Waals surface area (Å²) >= 11 is 0. The van der Waals surface area contributed by atoms with Crippen LogP contribution in [0.15, 0.2) is 36.4 Å². The van der Waals surface area contributed by atoms with Gasteiger partial charge in [-0.2, -0.15) is 5.26 Å². The van der Waals surface area contributed by atoms with Crippen molar-refractivity contribution in [3.63, 3.8) is 0 Å². The average Bonchev–Trinajstić information content (AvgIpc) is 2.51. The summed E-state index contributed by atoms with van der Waals surface area (Å²) in [5.74, 6) is -2.51. The highest BCUT2D eigenvalue weighted by Gasteiger charge is 2.37. The van der Waals surface area contributed by atoms with Gasteiger partial charge in [0.1, 0.15) is 29.1 Å². The van der Waals surface area contributed by atoms with Gasteiger partial charge in [0.2, 0.25) is 5.90 Å². The Labute approximate surface area is 131 Å². The monoisotopic (exact) mass is 314 g/mol. The largest absolute Gasteiger partial charge is 0.497 e. The van der Waals surface area contributed by atoms with Crippen LogP contribution in [0.25, 0.3) is 0 Å². The molecule has 2 unspecified atom stereocenters. The van der Waals surface area contributed by atoms with Crippen molar-refractivity contribution in [2.24, 2.45) is 5.92 Å². The number of methoxy groups -OCH3 is 1. The van der Waals surface area contributed by atoms with Crippen molar-refractivity contribution < 1.29 is 18.3 Å². The van der Waals surface area contributed by atoms with Crippen LogP contribution in [0.1, 0.15) is 17.0 Å². The van der Waals surface area contributed by atoms with Gasteiger partial charge in [0, 0.05) is 23.6 Å². The predicted molar refractivity (Wildman–Crippen MR) is 78.7 cm³/mol. The third-order valence-electron chi connectivity index (χ3n) is 3.77. The lowest BCUT2D eigenvalue weighted by Gasteiger charge is -2.30. The van der Waals surface area contributed by atoms with E-state index in [4.69, 9.17) is 14.9 Å². The number of nitriles is 1. The maximum Gasteiger partial charge on any atom is 0.205 e. The quantitative estimate of drug-likeness (QED) is 0.920. The van der Waals surface area contributed by atoms with E-state index >= 15 is 0 Å². The fourth-order valence-electron chi connectivity index (χ4n) is 2.76. The first-order valence-corrected chi connectivity index (χ1v) is 6.83. The minimum absolute atomic E-state index is 0.261. The molecule has 0 saturated heterocycles. The van der Waals surface area contributed by atoms with Gasteiger partial charge in [0.05, 0.1) is 13.2 Å². The van der Waals surface area contributed by atoms with E-state index in [0.717, 1.165) is 6.07 Å². The van der Waals surface area contributed by atoms with E-state index in [1.807, 2.05) is 6.07 Å². The molecule has 2 aromatic rings. The highest BCUT2D eigenvalue weighted by molar-refractivity contribution is 5.85. The zero-order valence-electron chi connectivity index (χ0n) is 12.1. The second kappa shape index (κ2) is 5.69. The number of nitrogens with one attached hydrogen (secondary N) is 1. The molecule has 3 rings (SSSR count). The van der Waals surface area contributed by atoms with Crippen LogP contribution in [0, 0.1) is 34.3 Å². The van der Waals surface area contributed by atoms with E-state index in [9.17, 15) is 14.0 Å². The standard InChI is InChI=1S/C17H12F2N2O2/c1-22-12-2-3-13-15(7-12)23-17(21)14(8-20)16(13)9-4-10(18)6-11(19)5-9/h2-7,14,16,21H,1H3. The SMILES string of the molecule is COc1ccc2c(c1)OC(=N)C(C#N)C2c1cc(F)cc(F)c1. The fourth-order valence-corrected chi connectivity index (χ4v) is 2.76. The lowest BCUT2D eigenvalue weighted by atomic mass is 9.79. The molecule has 0 fully saturated rings. The highest BCUT2D eigenvalue weighted by Crippen LogP contribution is 2.43. The molecule has 0 bridgehead atoms. The number of hydrogen-bond acceptors (Lipinski definition) is 4. The predicted octanol–water partition coefficient (Wildman–Crippen LogP) is 3.61. The second-order valence-electron chi connectivity index (χ2n) is 5.16. The first kappa shape index (κ1) is 15.0. The zero-order chi connectivity index (χ0) is 16.6. The van der Waals surface area contributed by atoms with Crippen LogP contribution in [0.5, 0.6) is 11.5 Å². The molecule has 1 aliphatic heterocycles. The Morgan fingerprint density at radius 2 is 1.87 bits per heavy atom. The molecule has 1 N–H and O–H groups in total. The molecule has 1 aliphatic rings. The van der Waals surface area contributed by atoms with Gasteiger partial charge in [-0.15, -0.1) is 0 Å². The molecule has 116 valence electrons. The summed E-state index contributed by atoms with van der Waals surface area (Å²) in [4.78, 5) is 0. The maximum atomic E-state index is 13.6. The zero-order valence-corrected chi connectivity index (χ0v) is 12.1. The van der Waals surface area contributed by atoms with Gasteiger partial charge < -0.3 is 9.47 Å². The molecule has 0 radical (unpaired) electrons. The van der Waals surface area contributed by atoms with Crippen LogP contribution >= 0.6 is 0 Å². The van der Waals surface area contributed by atoms with Crippen LogP contribution in [0.4, 0.5) is 8.78 Å². The number of nitrogens with zero attached hydrogens (tertiary/aromatic N) is 1. The van der Waals surface area contributed by atoms with E-state index in [2.05, 4.69) is 0 Å². The van der Waals surface area contributed by atoms with Crippen molar-refractivity contribution in [2.45, 2.75) is 5.92 Å². The Balaban J connectivity index is 2.20. The Morgan fingerprint density at radius 1 is 1.17 bits per heavy atom. The maximum absolute atomic E-state index is 13.6. The van der Waals surface area contributed by atoms with E-state index in [1.165, 1.54) is 19.2 Å². The molecule has 0 saturated carbocycles. The van der Waals surface area contributed by atoms with Gasteiger partial charge in [-0.25, -0.2) is 8.78 Å². The number of ether oxygens (including phenoxy) is 2. The summed E-state index contributed by atoms with van der Waals surface area (Å²) in [6.45, 7) is 0. The Morgan fingerprint density at radius 3 is 2.48 bits per heavy atom. The van der Waals surface area contributed by atoms with Crippen LogP contribution < -0.4 is 9.47 Å². The molecule has 0 spiro atoms. The molecule has 2 atom stereocenters. The van der Waals surface area contributed by atoms with Crippen molar-refractivity contribution >= 4 is 5.90 Å². The molecular formula is C17H12F2N2O2. The van der Waals surface area contributed by atoms with Gasteiger partial charge in [-0.3, -0.25) is 5.41 Å². The summed E-state index contributed by atoms with van der Waals surface area (Å²) in [6.07, 6.45) is 0. The van der Waals surface area contributed by atoms with Gasteiger partial charge >= 0.3 is 0 Å². The van der Waals surface area contributed by atoms with Crippen LogP contribution in [0.3, 0.4) is 0 Å². The lowest BCUT2D eigenvalue weighted by Crippen LogP contribution is -2.31. The number of rotatable bonds is 2. The average molecular weight is 314 g/mol. The fraction of sp³-hybridized carbons (Fsp3) is 0.176. The van der Waals surface area contributed by atoms with Crippen molar-refractivity contribution in [1.82, 2.24) is 0 Å². The van der Waals surface area contributed by atoms with Gasteiger partial charge in [-0.05, 0) is 23.8 Å². The van der Waals surface area contributed by atoms with E-state index < -0.39 is 23.5 Å². The minimum Gasteiger partial charge on any atom is -0.497 e. The highest BCUT2D eigenvalue weighted by atomic mass is 19.1. The van der Waals surface area contributed by atoms with E-state index in [1.54, 1.807) is 18.2 Å². The van der Waals surface area contributed by atoms with Crippen LogP contribution in [0.2, 0.25) is 0 Å². The summed E-state index contributed by atoms with van der Waals surface area (Å²) in [6, 6.07) is 10.0. The molecular weight excluding hydrogens is 302 g/mol. The van der Waals surface area contributed by atoms with Crippen LogP contribution in [-0.2, 0) is 0 Å². The molecule has 0 aromatic heterocycles. The van der Waals surface area contributed by atoms with Crippen molar-refractivity contribution in [2.75, 3.05) is 7.11 Å². The summed E-state index contributed by atoms with van der Waals surface area (Å²) in [7, 11) is 1.49. The molecule has 0 aliphatic carbocycles. The summed E-state index contributed by atoms with van der Waals surface area (Å²) < 4.78 is 37.7. The Hall–Kier alpha value is -2.94. The van der Waals surface area contributed by atoms with Gasteiger partial charge in [-0.1, -0.05) is 6.07 Å². The van der Waals surface area contributed by atoms with Gasteiger partial charge in [0.15, 0.2) is 0 Å². The van der Waals surface area contributed by atoms with Crippen molar-refractivity contribution in [3.8, 4) is 17.6 Å². The number of benzene rings is 2. The van der Waals surface area contributed by atoms with E-state index in [-0.39, 0.29) is 11.5 Å². The third-order valence-corrected chi connectivity index (χ3v) is 3.77. The molecule has 6 heteroatoms. The topological polar surface area (TPSA) is 66.1 Å². The van der Waals surface area contributed by atoms with Crippen molar-refractivity contribution in [1.29, 1.82) is 10.7 Å². The second-order valence-corrected chi connectivity index (χ2v) is 5.16. The van der Waals surface area contributed by atoms with Crippen LogP contribution in [-0.4, -0.2) is 13.0 Å². The summed E-state index contributed by atoms with van der Waals surface area (Å²) in [5.41, 5.74) is 0.867. The smallest absolute Gasteiger partial charge is 0.205 e. The van der Waals surface area contributed by atoms with E-state index in [0.29, 0.717) is 17.1 Å². The molecule has 23 heavy (non-hydrogen) atoms. The molecule has 4 nitrogen and oxygen atoms in total. The Kier molecular flexibility index (Phi) is 3.70. The number of hydrogen-bond donors (Lipinski definition) is 1. The molecule has 0 amide bonds. The normalized spacial score (nSPS) is 19.5. The first-order valence-electron chi connectivity index (χ1n) is 6.83. The number of halogens is 2. The summed E-state index contributed by atoms with van der Waals surface area (Å²) in [5, 5.41) is 17.3. The van der Waals surface area contributed by atoms with Crippen molar-refractivity contribution in [3.05, 3.63) is 59.2 Å². The molecule has 2 aromatic carbocycles. The third kappa shape index (κ3) is 2.61. The lowest BCUT2D eigenvalue weighted by molar-refractivity contribution is 0.404.